The Balaban J connectivity index is 1.47. The van der Waals surface area contributed by atoms with E-state index in [0.717, 1.165) is 44.1 Å². The number of halogens is 1. The highest BCUT2D eigenvalue weighted by atomic mass is 35.5. The highest BCUT2D eigenvalue weighted by Gasteiger charge is 2.27. The van der Waals surface area contributed by atoms with E-state index in [1.165, 1.54) is 25.9 Å². The summed E-state index contributed by atoms with van der Waals surface area (Å²) in [6.45, 7) is 11.2. The van der Waals surface area contributed by atoms with Crippen LogP contribution in [-0.2, 0) is 0 Å². The molecule has 0 aromatic carbocycles. The van der Waals surface area contributed by atoms with Crippen LogP contribution in [0.5, 0.6) is 0 Å². The maximum atomic E-state index is 6.19. The molecule has 122 valence electrons. The molecule has 0 aliphatic carbocycles. The van der Waals surface area contributed by atoms with Gasteiger partial charge in [0.05, 0.1) is 6.20 Å². The predicted octanol–water partition coefficient (Wildman–Crippen LogP) is 2.12. The molecular weight excluding hydrogens is 298 g/mol. The zero-order valence-corrected chi connectivity index (χ0v) is 14.3. The maximum absolute atomic E-state index is 6.19. The molecule has 6 heteroatoms. The zero-order chi connectivity index (χ0) is 15.5. The van der Waals surface area contributed by atoms with Crippen LogP contribution in [0.4, 0.5) is 5.82 Å². The van der Waals surface area contributed by atoms with E-state index >= 15 is 0 Å². The van der Waals surface area contributed by atoms with E-state index in [4.69, 9.17) is 11.6 Å². The smallest absolute Gasteiger partial charge is 0.150 e. The van der Waals surface area contributed by atoms with Crippen LogP contribution in [0.15, 0.2) is 12.5 Å². The van der Waals surface area contributed by atoms with Crippen molar-refractivity contribution in [3.8, 4) is 0 Å². The van der Waals surface area contributed by atoms with Crippen molar-refractivity contribution in [2.75, 3.05) is 44.2 Å². The molecule has 2 unspecified atom stereocenters. The summed E-state index contributed by atoms with van der Waals surface area (Å²) in [6, 6.07) is 1.49. The van der Waals surface area contributed by atoms with E-state index in [1.807, 2.05) is 0 Å². The van der Waals surface area contributed by atoms with Crippen LogP contribution in [0.1, 0.15) is 26.7 Å². The molecule has 0 saturated carbocycles. The minimum absolute atomic E-state index is 0.649. The summed E-state index contributed by atoms with van der Waals surface area (Å²) in [5.74, 6) is 0.873. The van der Waals surface area contributed by atoms with Crippen LogP contribution in [0.25, 0.3) is 0 Å². The van der Waals surface area contributed by atoms with Crippen molar-refractivity contribution in [1.29, 1.82) is 0 Å². The van der Waals surface area contributed by atoms with Gasteiger partial charge in [0.25, 0.3) is 0 Å². The van der Waals surface area contributed by atoms with Crippen molar-refractivity contribution < 1.29 is 0 Å². The second-order valence-electron chi connectivity index (χ2n) is 6.54. The first-order chi connectivity index (χ1) is 10.6. The molecular formula is C16H26ClN5. The second-order valence-corrected chi connectivity index (χ2v) is 6.94. The molecule has 2 aliphatic heterocycles. The summed E-state index contributed by atoms with van der Waals surface area (Å²) >= 11 is 6.19. The molecule has 1 aromatic heterocycles. The standard InChI is InChI=1S/C16H26ClN5/c1-13-3-4-14(2)22(13)10-7-20-5-8-21(9-6-20)16-15(17)11-18-12-19-16/h11-14H,3-10H2,1-2H3. The van der Waals surface area contributed by atoms with E-state index in [9.17, 15) is 0 Å². The topological polar surface area (TPSA) is 35.5 Å². The summed E-state index contributed by atoms with van der Waals surface area (Å²) in [5.41, 5.74) is 0. The Morgan fingerprint density at radius 2 is 1.77 bits per heavy atom. The van der Waals surface area contributed by atoms with E-state index < -0.39 is 0 Å². The molecule has 22 heavy (non-hydrogen) atoms. The Hall–Kier alpha value is -0.910. The van der Waals surface area contributed by atoms with Crippen LogP contribution >= 0.6 is 11.6 Å². The van der Waals surface area contributed by atoms with Crippen LogP contribution in [-0.4, -0.2) is 71.1 Å². The molecule has 2 atom stereocenters. The summed E-state index contributed by atoms with van der Waals surface area (Å²) in [4.78, 5) is 15.8. The Kier molecular flexibility index (Phi) is 5.16. The molecule has 1 aromatic rings. The highest BCUT2D eigenvalue weighted by Crippen LogP contribution is 2.24. The van der Waals surface area contributed by atoms with Crippen molar-refractivity contribution in [3.05, 3.63) is 17.5 Å². The average Bonchev–Trinajstić information content (AvgIpc) is 2.85. The van der Waals surface area contributed by atoms with Crippen LogP contribution in [0, 0.1) is 0 Å². The van der Waals surface area contributed by atoms with E-state index in [1.54, 1.807) is 12.5 Å². The van der Waals surface area contributed by atoms with Gasteiger partial charge in [-0.1, -0.05) is 11.6 Å². The molecule has 3 rings (SSSR count). The minimum Gasteiger partial charge on any atom is -0.353 e. The molecule has 5 nitrogen and oxygen atoms in total. The van der Waals surface area contributed by atoms with Crippen LogP contribution in [0.2, 0.25) is 5.02 Å². The first-order valence-corrected chi connectivity index (χ1v) is 8.71. The van der Waals surface area contributed by atoms with E-state index in [0.29, 0.717) is 5.02 Å². The normalized spacial score (nSPS) is 27.5. The van der Waals surface area contributed by atoms with Crippen LogP contribution in [0.3, 0.4) is 0 Å². The third kappa shape index (κ3) is 3.53. The van der Waals surface area contributed by atoms with Gasteiger partial charge < -0.3 is 4.90 Å². The number of anilines is 1. The van der Waals surface area contributed by atoms with Crippen molar-refractivity contribution in [1.82, 2.24) is 19.8 Å². The first kappa shape index (κ1) is 16.0. The predicted molar refractivity (Wildman–Crippen MR) is 90.6 cm³/mol. The molecule has 0 bridgehead atoms. The summed E-state index contributed by atoms with van der Waals surface area (Å²) in [7, 11) is 0. The van der Waals surface area contributed by atoms with Gasteiger partial charge >= 0.3 is 0 Å². The lowest BCUT2D eigenvalue weighted by atomic mass is 10.2. The fourth-order valence-electron chi connectivity index (χ4n) is 3.67. The Morgan fingerprint density at radius 1 is 1.09 bits per heavy atom. The number of rotatable bonds is 4. The zero-order valence-electron chi connectivity index (χ0n) is 13.6. The number of hydrogen-bond acceptors (Lipinski definition) is 5. The first-order valence-electron chi connectivity index (χ1n) is 8.33. The summed E-state index contributed by atoms with van der Waals surface area (Å²) < 4.78 is 0. The van der Waals surface area contributed by atoms with Gasteiger partial charge in [-0.25, -0.2) is 9.97 Å². The molecule has 2 aliphatic rings. The SMILES string of the molecule is CC1CCC(C)N1CCN1CCN(c2ncncc2Cl)CC1. The van der Waals surface area contributed by atoms with Crippen molar-refractivity contribution in [2.45, 2.75) is 38.8 Å². The molecule has 0 amide bonds. The molecule has 3 heterocycles. The monoisotopic (exact) mass is 323 g/mol. The molecule has 2 fully saturated rings. The number of piperazine rings is 1. The van der Waals surface area contributed by atoms with Crippen LogP contribution < -0.4 is 4.90 Å². The van der Waals surface area contributed by atoms with Gasteiger partial charge in [0.1, 0.15) is 11.3 Å². The average molecular weight is 324 g/mol. The number of nitrogens with zero attached hydrogens (tertiary/aromatic N) is 5. The lowest BCUT2D eigenvalue weighted by Crippen LogP contribution is -2.49. The van der Waals surface area contributed by atoms with Crippen molar-refractivity contribution in [2.24, 2.45) is 0 Å². The Labute approximate surface area is 138 Å². The molecule has 0 spiro atoms. The van der Waals surface area contributed by atoms with Crippen molar-refractivity contribution >= 4 is 17.4 Å². The molecule has 2 saturated heterocycles. The fraction of sp³-hybridized carbons (Fsp3) is 0.750. The van der Waals surface area contributed by atoms with Gasteiger partial charge in [0.2, 0.25) is 0 Å². The van der Waals surface area contributed by atoms with Gasteiger partial charge in [-0.3, -0.25) is 9.80 Å². The quantitative estimate of drug-likeness (QED) is 0.848. The van der Waals surface area contributed by atoms with Gasteiger partial charge in [-0.2, -0.15) is 0 Å². The van der Waals surface area contributed by atoms with E-state index in [2.05, 4.69) is 38.5 Å². The molecule has 0 radical (unpaired) electrons. The largest absolute Gasteiger partial charge is 0.353 e. The number of aromatic nitrogens is 2. The third-order valence-electron chi connectivity index (χ3n) is 5.13. The van der Waals surface area contributed by atoms with E-state index in [-0.39, 0.29) is 0 Å². The summed E-state index contributed by atoms with van der Waals surface area (Å²) in [6.07, 6.45) is 5.94. The van der Waals surface area contributed by atoms with Gasteiger partial charge in [0, 0.05) is 51.4 Å². The third-order valence-corrected chi connectivity index (χ3v) is 5.40. The highest BCUT2D eigenvalue weighted by molar-refractivity contribution is 6.32. The second kappa shape index (κ2) is 7.11. The lowest BCUT2D eigenvalue weighted by molar-refractivity contribution is 0.165. The maximum Gasteiger partial charge on any atom is 0.150 e. The van der Waals surface area contributed by atoms with Crippen molar-refractivity contribution in [3.63, 3.8) is 0 Å². The fourth-order valence-corrected chi connectivity index (χ4v) is 3.89. The van der Waals surface area contributed by atoms with Gasteiger partial charge in [-0.05, 0) is 26.7 Å². The lowest BCUT2D eigenvalue weighted by Gasteiger charge is -2.37. The Morgan fingerprint density at radius 3 is 2.41 bits per heavy atom. The molecule has 0 N–H and O–H groups in total. The van der Waals surface area contributed by atoms with Gasteiger partial charge in [-0.15, -0.1) is 0 Å². The van der Waals surface area contributed by atoms with Gasteiger partial charge in [0.15, 0.2) is 5.82 Å². The number of hydrogen-bond donors (Lipinski definition) is 0. The Bertz CT molecular complexity index is 479. The number of likely N-dealkylation sites (tertiary alicyclic amines) is 1. The minimum atomic E-state index is 0.649. The summed E-state index contributed by atoms with van der Waals surface area (Å²) in [5, 5.41) is 0.649.